The quantitative estimate of drug-likeness (QED) is 0.352. The number of halogens is 2. The summed E-state index contributed by atoms with van der Waals surface area (Å²) in [5.74, 6) is 0.327. The number of aromatic nitrogens is 2. The molecule has 0 radical (unpaired) electrons. The number of carbonyl (C=O) groups excluding carboxylic acids is 1. The Labute approximate surface area is 179 Å². The molecule has 0 fully saturated rings. The number of nitrogens with one attached hydrogen (secondary N) is 1. The van der Waals surface area contributed by atoms with Crippen LogP contribution in [0.5, 0.6) is 11.5 Å². The van der Waals surface area contributed by atoms with Gasteiger partial charge in [-0.15, -0.1) is 0 Å². The molecule has 3 aromatic rings. The highest BCUT2D eigenvalue weighted by Crippen LogP contribution is 2.31. The second-order valence-electron chi connectivity index (χ2n) is 6.08. The van der Waals surface area contributed by atoms with Gasteiger partial charge in [0.25, 0.3) is 5.69 Å². The minimum atomic E-state index is -0.568. The topological polar surface area (TPSA) is 99.3 Å². The largest absolute Gasteiger partial charge is 0.457 e. The second-order valence-corrected chi connectivity index (χ2v) is 7.43. The SMILES string of the molecule is CCC(C(=O)Nc1cc(Oc2ccc(Cl)cc2)cc([N+](=O)[O-])c1)n1cc(Br)cn1. The number of benzene rings is 2. The molecular weight excluding hydrogens is 464 g/mol. The van der Waals surface area contributed by atoms with Gasteiger partial charge < -0.3 is 10.1 Å². The number of hydrogen-bond donors (Lipinski definition) is 1. The number of nitro benzene ring substituents is 1. The third kappa shape index (κ3) is 5.33. The first kappa shape index (κ1) is 20.8. The van der Waals surface area contributed by atoms with E-state index in [2.05, 4.69) is 26.3 Å². The van der Waals surface area contributed by atoms with Crippen LogP contribution in [0.1, 0.15) is 19.4 Å². The Morgan fingerprint density at radius 2 is 2.03 bits per heavy atom. The summed E-state index contributed by atoms with van der Waals surface area (Å²) in [5, 5.41) is 18.7. The molecule has 1 aromatic heterocycles. The van der Waals surface area contributed by atoms with Gasteiger partial charge in [0.1, 0.15) is 17.5 Å². The maximum atomic E-state index is 12.7. The molecule has 0 aliphatic carbocycles. The van der Waals surface area contributed by atoms with Gasteiger partial charge in [-0.05, 0) is 46.6 Å². The maximum Gasteiger partial charge on any atom is 0.275 e. The number of carbonyl (C=O) groups is 1. The molecule has 3 rings (SSSR count). The van der Waals surface area contributed by atoms with Crippen LogP contribution in [0.3, 0.4) is 0 Å². The summed E-state index contributed by atoms with van der Waals surface area (Å²) in [6.45, 7) is 1.85. The number of anilines is 1. The molecule has 10 heteroatoms. The molecule has 8 nitrogen and oxygen atoms in total. The Morgan fingerprint density at radius 3 is 2.62 bits per heavy atom. The lowest BCUT2D eigenvalue weighted by Gasteiger charge is -2.16. The summed E-state index contributed by atoms with van der Waals surface area (Å²) in [6.07, 6.45) is 3.76. The predicted octanol–water partition coefficient (Wildman–Crippen LogP) is 5.59. The summed E-state index contributed by atoms with van der Waals surface area (Å²) >= 11 is 9.16. The molecule has 0 aliphatic rings. The van der Waals surface area contributed by atoms with Crippen molar-refractivity contribution in [2.24, 2.45) is 0 Å². The first-order valence-corrected chi connectivity index (χ1v) is 9.76. The molecule has 150 valence electrons. The molecule has 1 unspecified atom stereocenters. The van der Waals surface area contributed by atoms with Crippen molar-refractivity contribution in [1.29, 1.82) is 0 Å². The lowest BCUT2D eigenvalue weighted by Crippen LogP contribution is -2.26. The smallest absolute Gasteiger partial charge is 0.275 e. The molecule has 1 atom stereocenters. The standard InChI is InChI=1S/C19H16BrClN4O4/c1-2-18(24-11-12(20)10-22-24)19(26)23-14-7-15(25(27)28)9-17(8-14)29-16-5-3-13(21)4-6-16/h3-11,18H,2H2,1H3,(H,23,26). The van der Waals surface area contributed by atoms with E-state index in [0.717, 1.165) is 4.47 Å². The van der Waals surface area contributed by atoms with Crippen molar-refractivity contribution in [3.05, 3.63) is 74.5 Å². The highest BCUT2D eigenvalue weighted by molar-refractivity contribution is 9.10. The summed E-state index contributed by atoms with van der Waals surface area (Å²) in [5.41, 5.74) is 0.0412. The molecule has 0 saturated heterocycles. The van der Waals surface area contributed by atoms with Gasteiger partial charge >= 0.3 is 0 Å². The van der Waals surface area contributed by atoms with Gasteiger partial charge in [-0.25, -0.2) is 0 Å². The van der Waals surface area contributed by atoms with Gasteiger partial charge in [-0.2, -0.15) is 5.10 Å². The monoisotopic (exact) mass is 478 g/mol. The molecule has 29 heavy (non-hydrogen) atoms. The number of nitrogens with zero attached hydrogens (tertiary/aromatic N) is 3. The fourth-order valence-corrected chi connectivity index (χ4v) is 3.09. The maximum absolute atomic E-state index is 12.7. The molecule has 2 aromatic carbocycles. The van der Waals surface area contributed by atoms with Crippen molar-refractivity contribution in [1.82, 2.24) is 9.78 Å². The van der Waals surface area contributed by atoms with Crippen LogP contribution in [0.15, 0.2) is 59.3 Å². The third-order valence-electron chi connectivity index (χ3n) is 4.00. The molecule has 1 heterocycles. The highest BCUT2D eigenvalue weighted by atomic mass is 79.9. The number of ether oxygens (including phenoxy) is 1. The van der Waals surface area contributed by atoms with E-state index in [0.29, 0.717) is 17.2 Å². The minimum Gasteiger partial charge on any atom is -0.457 e. The molecule has 0 spiro atoms. The van der Waals surface area contributed by atoms with Crippen LogP contribution >= 0.6 is 27.5 Å². The zero-order valence-electron chi connectivity index (χ0n) is 15.2. The van der Waals surface area contributed by atoms with E-state index in [1.807, 2.05) is 6.92 Å². The van der Waals surface area contributed by atoms with Gasteiger partial charge in [0, 0.05) is 23.4 Å². The summed E-state index contributed by atoms with van der Waals surface area (Å²) < 4.78 is 7.96. The van der Waals surface area contributed by atoms with E-state index in [-0.39, 0.29) is 23.0 Å². The van der Waals surface area contributed by atoms with E-state index >= 15 is 0 Å². The average Bonchev–Trinajstić information content (AvgIpc) is 3.10. The number of non-ortho nitro benzene ring substituents is 1. The summed E-state index contributed by atoms with van der Waals surface area (Å²) in [7, 11) is 0. The van der Waals surface area contributed by atoms with E-state index in [1.54, 1.807) is 36.7 Å². The highest BCUT2D eigenvalue weighted by Gasteiger charge is 2.21. The van der Waals surface area contributed by atoms with Crippen LogP contribution in [0.2, 0.25) is 5.02 Å². The Balaban J connectivity index is 1.85. The summed E-state index contributed by atoms with van der Waals surface area (Å²) in [6, 6.07) is 10.1. The first-order chi connectivity index (χ1) is 13.9. The van der Waals surface area contributed by atoms with E-state index in [1.165, 1.54) is 22.9 Å². The Morgan fingerprint density at radius 1 is 1.31 bits per heavy atom. The minimum absolute atomic E-state index is 0.207. The normalized spacial score (nSPS) is 11.7. The van der Waals surface area contributed by atoms with Crippen LogP contribution < -0.4 is 10.1 Å². The third-order valence-corrected chi connectivity index (χ3v) is 4.66. The van der Waals surface area contributed by atoms with Crippen molar-refractivity contribution < 1.29 is 14.5 Å². The van der Waals surface area contributed by atoms with Crippen LogP contribution in [0.25, 0.3) is 0 Å². The lowest BCUT2D eigenvalue weighted by molar-refractivity contribution is -0.384. The molecule has 1 amide bonds. The van der Waals surface area contributed by atoms with Gasteiger partial charge in [0.15, 0.2) is 0 Å². The first-order valence-electron chi connectivity index (χ1n) is 8.59. The van der Waals surface area contributed by atoms with E-state index < -0.39 is 11.0 Å². The molecular formula is C19H16BrClN4O4. The van der Waals surface area contributed by atoms with Crippen LogP contribution in [-0.2, 0) is 4.79 Å². The number of rotatable bonds is 7. The van der Waals surface area contributed by atoms with Crippen molar-refractivity contribution in [2.75, 3.05) is 5.32 Å². The van der Waals surface area contributed by atoms with Gasteiger partial charge in [-0.1, -0.05) is 18.5 Å². The second kappa shape index (κ2) is 9.06. The Bertz CT molecular complexity index is 1040. The zero-order chi connectivity index (χ0) is 21.0. The van der Waals surface area contributed by atoms with Crippen molar-refractivity contribution >= 4 is 44.8 Å². The Kier molecular flexibility index (Phi) is 6.50. The predicted molar refractivity (Wildman–Crippen MR) is 113 cm³/mol. The molecule has 0 saturated carbocycles. The number of hydrogen-bond acceptors (Lipinski definition) is 5. The lowest BCUT2D eigenvalue weighted by atomic mass is 10.2. The van der Waals surface area contributed by atoms with Crippen molar-refractivity contribution in [2.45, 2.75) is 19.4 Å². The van der Waals surface area contributed by atoms with Crippen molar-refractivity contribution in [3.8, 4) is 11.5 Å². The van der Waals surface area contributed by atoms with Crippen LogP contribution in [-0.4, -0.2) is 20.6 Å². The zero-order valence-corrected chi connectivity index (χ0v) is 17.6. The van der Waals surface area contributed by atoms with Gasteiger partial charge in [-0.3, -0.25) is 19.6 Å². The molecule has 0 bridgehead atoms. The Hall–Kier alpha value is -2.91. The number of nitro groups is 1. The van der Waals surface area contributed by atoms with Gasteiger partial charge in [0.05, 0.1) is 27.3 Å². The number of amides is 1. The van der Waals surface area contributed by atoms with E-state index in [4.69, 9.17) is 16.3 Å². The van der Waals surface area contributed by atoms with Crippen LogP contribution in [0.4, 0.5) is 11.4 Å². The van der Waals surface area contributed by atoms with E-state index in [9.17, 15) is 14.9 Å². The fourth-order valence-electron chi connectivity index (χ4n) is 2.66. The molecule has 0 aliphatic heterocycles. The van der Waals surface area contributed by atoms with Crippen molar-refractivity contribution in [3.63, 3.8) is 0 Å². The van der Waals surface area contributed by atoms with Crippen LogP contribution in [0, 0.1) is 10.1 Å². The molecule has 1 N–H and O–H groups in total. The fraction of sp³-hybridized carbons (Fsp3) is 0.158. The summed E-state index contributed by atoms with van der Waals surface area (Å²) in [4.78, 5) is 23.5. The average molecular weight is 480 g/mol. The van der Waals surface area contributed by atoms with Gasteiger partial charge in [0.2, 0.25) is 5.91 Å².